The molecule has 0 fully saturated rings. The third kappa shape index (κ3) is 3.36. The molecule has 2 heterocycles. The molecule has 0 amide bonds. The minimum absolute atomic E-state index is 0.260. The number of halogens is 1. The summed E-state index contributed by atoms with van der Waals surface area (Å²) in [5.74, 6) is -0.260. The molecule has 2 aromatic heterocycles. The smallest absolute Gasteiger partial charge is 0.143 e. The monoisotopic (exact) mass is 559 g/mol. The normalized spacial score (nSPS) is 11.9. The van der Waals surface area contributed by atoms with Gasteiger partial charge < -0.3 is 9.32 Å². The molecule has 0 unspecified atom stereocenters. The number of furan rings is 1. The van der Waals surface area contributed by atoms with Gasteiger partial charge in [0.2, 0.25) is 0 Å². The summed E-state index contributed by atoms with van der Waals surface area (Å²) in [5.41, 5.74) is 4.68. The lowest BCUT2D eigenvalue weighted by Gasteiger charge is -2.28. The molecule has 7 aromatic carbocycles. The number of fused-ring (bicyclic) bond motifs is 10. The van der Waals surface area contributed by atoms with Gasteiger partial charge in [0, 0.05) is 58.2 Å². The van der Waals surface area contributed by atoms with Gasteiger partial charge in [0.05, 0.1) is 11.4 Å². The SMILES string of the molecule is Fc1ccc(N(c2cc3c4ccccc4oc3c3ccccc23)c2cc3c4ccccc4sc3c3ccccc23)cc1. The third-order valence-electron chi connectivity index (χ3n) is 8.29. The Labute approximate surface area is 244 Å². The van der Waals surface area contributed by atoms with Crippen LogP contribution in [0.25, 0.3) is 63.7 Å². The zero-order valence-electron chi connectivity index (χ0n) is 22.3. The van der Waals surface area contributed by atoms with Crippen molar-refractivity contribution in [2.75, 3.05) is 4.90 Å². The summed E-state index contributed by atoms with van der Waals surface area (Å²) in [6.45, 7) is 0. The summed E-state index contributed by atoms with van der Waals surface area (Å²) >= 11 is 1.83. The number of benzene rings is 7. The molecule has 9 aromatic rings. The van der Waals surface area contributed by atoms with Gasteiger partial charge in [-0.1, -0.05) is 84.9 Å². The van der Waals surface area contributed by atoms with E-state index in [9.17, 15) is 4.39 Å². The van der Waals surface area contributed by atoms with Crippen LogP contribution < -0.4 is 4.90 Å². The predicted octanol–water partition coefficient (Wildman–Crippen LogP) is 11.9. The lowest BCUT2D eigenvalue weighted by molar-refractivity contribution is 0.628. The summed E-state index contributed by atoms with van der Waals surface area (Å²) < 4.78 is 23.3. The van der Waals surface area contributed by atoms with E-state index in [2.05, 4.69) is 95.9 Å². The molecular weight excluding hydrogens is 537 g/mol. The first kappa shape index (κ1) is 23.5. The molecule has 42 heavy (non-hydrogen) atoms. The molecule has 0 aliphatic carbocycles. The van der Waals surface area contributed by atoms with E-state index in [0.29, 0.717) is 0 Å². The van der Waals surface area contributed by atoms with Crippen molar-refractivity contribution in [3.63, 3.8) is 0 Å². The van der Waals surface area contributed by atoms with E-state index >= 15 is 0 Å². The molecule has 2 nitrogen and oxygen atoms in total. The highest BCUT2D eigenvalue weighted by Crippen LogP contribution is 2.49. The number of nitrogens with zero attached hydrogens (tertiary/aromatic N) is 1. The second-order valence-electron chi connectivity index (χ2n) is 10.6. The highest BCUT2D eigenvalue weighted by molar-refractivity contribution is 7.26. The fraction of sp³-hybridized carbons (Fsp3) is 0. The van der Waals surface area contributed by atoms with Gasteiger partial charge in [-0.2, -0.15) is 0 Å². The van der Waals surface area contributed by atoms with E-state index in [0.717, 1.165) is 55.2 Å². The van der Waals surface area contributed by atoms with Crippen LogP contribution in [0.5, 0.6) is 0 Å². The van der Waals surface area contributed by atoms with Gasteiger partial charge in [0.1, 0.15) is 17.0 Å². The fourth-order valence-corrected chi connectivity index (χ4v) is 7.64. The molecule has 0 aliphatic heterocycles. The van der Waals surface area contributed by atoms with E-state index in [1.165, 1.54) is 37.7 Å². The zero-order valence-corrected chi connectivity index (χ0v) is 23.2. The van der Waals surface area contributed by atoms with Crippen molar-refractivity contribution < 1.29 is 8.81 Å². The van der Waals surface area contributed by atoms with Gasteiger partial charge in [-0.15, -0.1) is 11.3 Å². The molecule has 0 N–H and O–H groups in total. The number of rotatable bonds is 3. The van der Waals surface area contributed by atoms with Crippen LogP contribution in [0.3, 0.4) is 0 Å². The second kappa shape index (κ2) is 8.90. The van der Waals surface area contributed by atoms with E-state index < -0.39 is 0 Å². The summed E-state index contributed by atoms with van der Waals surface area (Å²) in [7, 11) is 0. The van der Waals surface area contributed by atoms with E-state index in [1.807, 2.05) is 41.7 Å². The topological polar surface area (TPSA) is 16.4 Å². The molecule has 0 bridgehead atoms. The molecule has 0 spiro atoms. The van der Waals surface area contributed by atoms with Crippen molar-refractivity contribution >= 4 is 92.1 Å². The number of thiophene rings is 1. The maximum absolute atomic E-state index is 14.3. The maximum Gasteiger partial charge on any atom is 0.143 e. The molecule has 4 heteroatoms. The van der Waals surface area contributed by atoms with Crippen LogP contribution in [0, 0.1) is 5.82 Å². The summed E-state index contributed by atoms with van der Waals surface area (Å²) in [4.78, 5) is 2.29. The van der Waals surface area contributed by atoms with Gasteiger partial charge in [-0.25, -0.2) is 4.39 Å². The van der Waals surface area contributed by atoms with Crippen LogP contribution in [-0.2, 0) is 0 Å². The molecule has 0 aliphatic rings. The van der Waals surface area contributed by atoms with Crippen molar-refractivity contribution in [2.45, 2.75) is 0 Å². The van der Waals surface area contributed by atoms with Crippen LogP contribution in [0.15, 0.2) is 138 Å². The Morgan fingerprint density at radius 1 is 0.500 bits per heavy atom. The molecule has 0 radical (unpaired) electrons. The van der Waals surface area contributed by atoms with E-state index in [1.54, 1.807) is 0 Å². The summed E-state index contributed by atoms with van der Waals surface area (Å²) in [6.07, 6.45) is 0. The molecular formula is C38H22FNOS. The number of hydrogen-bond acceptors (Lipinski definition) is 3. The van der Waals surface area contributed by atoms with Gasteiger partial charge in [0.25, 0.3) is 0 Å². The average Bonchev–Trinajstić information content (AvgIpc) is 3.61. The van der Waals surface area contributed by atoms with Crippen LogP contribution in [-0.4, -0.2) is 0 Å². The highest BCUT2D eigenvalue weighted by Gasteiger charge is 2.23. The summed E-state index contributed by atoms with van der Waals surface area (Å²) in [5, 5.41) is 9.03. The molecule has 198 valence electrons. The molecule has 0 saturated carbocycles. The lowest BCUT2D eigenvalue weighted by Crippen LogP contribution is -2.11. The highest BCUT2D eigenvalue weighted by atomic mass is 32.1. The molecule has 9 rings (SSSR count). The molecule has 0 saturated heterocycles. The van der Waals surface area contributed by atoms with Crippen molar-refractivity contribution in [2.24, 2.45) is 0 Å². The number of anilines is 3. The standard InChI is InChI=1S/C38H22FNOS/c39-23-17-19-24(20-18-23)40(33-21-31-27-11-5-7-15-35(27)41-37(31)29-13-3-1-9-25(29)33)34-22-32-28-12-6-8-16-36(28)42-38(32)30-14-4-2-10-26(30)34/h1-22H. The number of hydrogen-bond donors (Lipinski definition) is 0. The van der Waals surface area contributed by atoms with Gasteiger partial charge in [-0.3, -0.25) is 0 Å². The first-order valence-corrected chi connectivity index (χ1v) is 14.8. The second-order valence-corrected chi connectivity index (χ2v) is 11.7. The van der Waals surface area contributed by atoms with Gasteiger partial charge >= 0.3 is 0 Å². The van der Waals surface area contributed by atoms with Crippen molar-refractivity contribution in [3.05, 3.63) is 139 Å². The van der Waals surface area contributed by atoms with Crippen LogP contribution >= 0.6 is 11.3 Å². The first-order chi connectivity index (χ1) is 20.7. The van der Waals surface area contributed by atoms with Gasteiger partial charge in [-0.05, 0) is 48.5 Å². The lowest BCUT2D eigenvalue weighted by atomic mass is 9.99. The minimum atomic E-state index is -0.260. The Hall–Kier alpha value is -5.19. The minimum Gasteiger partial charge on any atom is -0.455 e. The van der Waals surface area contributed by atoms with E-state index in [4.69, 9.17) is 4.42 Å². The van der Waals surface area contributed by atoms with E-state index in [-0.39, 0.29) is 5.82 Å². The fourth-order valence-electron chi connectivity index (χ4n) is 6.42. The Morgan fingerprint density at radius 3 is 1.83 bits per heavy atom. The van der Waals surface area contributed by atoms with Crippen LogP contribution in [0.2, 0.25) is 0 Å². The van der Waals surface area contributed by atoms with Crippen molar-refractivity contribution in [1.82, 2.24) is 0 Å². The zero-order chi connectivity index (χ0) is 27.8. The van der Waals surface area contributed by atoms with Crippen molar-refractivity contribution in [1.29, 1.82) is 0 Å². The molecule has 0 atom stereocenters. The maximum atomic E-state index is 14.3. The predicted molar refractivity (Wildman–Crippen MR) is 176 cm³/mol. The third-order valence-corrected chi connectivity index (χ3v) is 9.51. The van der Waals surface area contributed by atoms with Crippen LogP contribution in [0.1, 0.15) is 0 Å². The van der Waals surface area contributed by atoms with Gasteiger partial charge in [0.15, 0.2) is 0 Å². The first-order valence-electron chi connectivity index (χ1n) is 14.0. The van der Waals surface area contributed by atoms with Crippen LogP contribution in [0.4, 0.5) is 21.5 Å². The van der Waals surface area contributed by atoms with Crippen molar-refractivity contribution in [3.8, 4) is 0 Å². The Balaban J connectivity index is 1.46. The quantitative estimate of drug-likeness (QED) is 0.214. The largest absolute Gasteiger partial charge is 0.455 e. The summed E-state index contributed by atoms with van der Waals surface area (Å²) in [6, 6.07) is 45.1. The Kier molecular flexibility index (Phi) is 4.98. The number of para-hydroxylation sites is 1. The average molecular weight is 560 g/mol. The Bertz CT molecular complexity index is 2340. The Morgan fingerprint density at radius 2 is 1.07 bits per heavy atom.